The molecule has 1 fully saturated rings. The van der Waals surface area contributed by atoms with Crippen molar-refractivity contribution in [2.24, 2.45) is 5.92 Å². The van der Waals surface area contributed by atoms with Crippen molar-refractivity contribution < 1.29 is 14.1 Å². The zero-order chi connectivity index (χ0) is 17.1. The van der Waals surface area contributed by atoms with E-state index in [0.717, 1.165) is 5.69 Å². The zero-order valence-electron chi connectivity index (χ0n) is 13.9. The highest BCUT2D eigenvalue weighted by atomic mass is 16.5. The van der Waals surface area contributed by atoms with Gasteiger partial charge in [-0.15, -0.1) is 0 Å². The minimum Gasteiger partial charge on any atom is -0.364 e. The number of nitrogens with one attached hydrogen (secondary N) is 1. The van der Waals surface area contributed by atoms with E-state index in [1.807, 2.05) is 24.3 Å². The van der Waals surface area contributed by atoms with Crippen molar-refractivity contribution in [1.82, 2.24) is 10.5 Å². The molecule has 6 heteroatoms. The minimum absolute atomic E-state index is 0.0196. The summed E-state index contributed by atoms with van der Waals surface area (Å²) >= 11 is 0. The van der Waals surface area contributed by atoms with Gasteiger partial charge in [0.15, 0.2) is 0 Å². The van der Waals surface area contributed by atoms with E-state index in [9.17, 15) is 9.59 Å². The van der Waals surface area contributed by atoms with Crippen LogP contribution in [0.5, 0.6) is 0 Å². The zero-order valence-corrected chi connectivity index (χ0v) is 13.9. The molecule has 1 aliphatic heterocycles. The molecule has 2 amide bonds. The molecule has 0 spiro atoms. The van der Waals surface area contributed by atoms with Gasteiger partial charge in [0, 0.05) is 24.7 Å². The van der Waals surface area contributed by atoms with Crippen molar-refractivity contribution in [3.8, 4) is 0 Å². The van der Waals surface area contributed by atoms with E-state index in [2.05, 4.69) is 24.3 Å². The largest absolute Gasteiger partial charge is 0.364 e. The van der Waals surface area contributed by atoms with Gasteiger partial charge >= 0.3 is 0 Å². The van der Waals surface area contributed by atoms with Crippen LogP contribution in [0.15, 0.2) is 41.1 Å². The maximum absolute atomic E-state index is 12.3. The van der Waals surface area contributed by atoms with Crippen molar-refractivity contribution in [2.75, 3.05) is 11.4 Å². The number of hydrogen-bond donors (Lipinski definition) is 1. The highest BCUT2D eigenvalue weighted by Crippen LogP contribution is 2.27. The highest BCUT2D eigenvalue weighted by molar-refractivity contribution is 6.00. The Morgan fingerprint density at radius 3 is 2.71 bits per heavy atom. The quantitative estimate of drug-likeness (QED) is 0.915. The third-order valence-corrected chi connectivity index (χ3v) is 4.30. The van der Waals surface area contributed by atoms with Gasteiger partial charge in [0.05, 0.1) is 12.5 Å². The van der Waals surface area contributed by atoms with Crippen LogP contribution in [0, 0.1) is 5.92 Å². The number of amides is 2. The molecule has 2 heterocycles. The maximum atomic E-state index is 12.3. The molecule has 1 aromatic heterocycles. The second-order valence-electron chi connectivity index (χ2n) is 6.36. The van der Waals surface area contributed by atoms with Gasteiger partial charge in [-0.1, -0.05) is 31.1 Å². The maximum Gasteiger partial charge on any atom is 0.227 e. The van der Waals surface area contributed by atoms with E-state index < -0.39 is 0 Å². The van der Waals surface area contributed by atoms with Crippen LogP contribution >= 0.6 is 0 Å². The number of nitrogens with zero attached hydrogens (tertiary/aromatic N) is 2. The summed E-state index contributed by atoms with van der Waals surface area (Å²) in [5.74, 6) is -0.0425. The number of anilines is 1. The Morgan fingerprint density at radius 1 is 1.33 bits per heavy atom. The summed E-state index contributed by atoms with van der Waals surface area (Å²) < 4.78 is 4.73. The average molecular weight is 327 g/mol. The molecule has 0 radical (unpaired) electrons. The van der Waals surface area contributed by atoms with Crippen molar-refractivity contribution in [3.63, 3.8) is 0 Å². The number of carbonyl (C=O) groups excluding carboxylic acids is 2. The van der Waals surface area contributed by atoms with Gasteiger partial charge in [-0.3, -0.25) is 9.59 Å². The summed E-state index contributed by atoms with van der Waals surface area (Å²) in [5, 5.41) is 6.55. The van der Waals surface area contributed by atoms with Crippen LogP contribution in [-0.4, -0.2) is 23.5 Å². The van der Waals surface area contributed by atoms with Crippen LogP contribution in [-0.2, 0) is 16.1 Å². The molecule has 0 bridgehead atoms. The lowest BCUT2D eigenvalue weighted by atomic mass is 10.0. The van der Waals surface area contributed by atoms with Crippen LogP contribution in [0.2, 0.25) is 0 Å². The fourth-order valence-corrected chi connectivity index (χ4v) is 2.82. The Bertz CT molecular complexity index is 708. The standard InChI is InChI=1S/C18H21N3O3/c1-12(2)13-3-5-16(6-4-13)21-11-14(9-17(21)22)18(23)19-10-15-7-8-24-20-15/h3-8,12,14H,9-11H2,1-2H3,(H,19,23). The number of carbonyl (C=O) groups is 2. The first-order valence-corrected chi connectivity index (χ1v) is 8.12. The van der Waals surface area contributed by atoms with E-state index >= 15 is 0 Å². The number of hydrogen-bond acceptors (Lipinski definition) is 4. The SMILES string of the molecule is CC(C)c1ccc(N2CC(C(=O)NCc3ccon3)CC2=O)cc1. The Kier molecular flexibility index (Phi) is 4.64. The van der Waals surface area contributed by atoms with Crippen molar-refractivity contribution >= 4 is 17.5 Å². The predicted molar refractivity (Wildman–Crippen MR) is 89.3 cm³/mol. The lowest BCUT2D eigenvalue weighted by Crippen LogP contribution is -2.32. The highest BCUT2D eigenvalue weighted by Gasteiger charge is 2.35. The van der Waals surface area contributed by atoms with Crippen LogP contribution in [0.3, 0.4) is 0 Å². The molecule has 2 aromatic rings. The van der Waals surface area contributed by atoms with E-state index in [-0.39, 0.29) is 24.2 Å². The number of benzene rings is 1. The van der Waals surface area contributed by atoms with Gasteiger partial charge in [-0.2, -0.15) is 0 Å². The Hall–Kier alpha value is -2.63. The molecule has 1 unspecified atom stereocenters. The average Bonchev–Trinajstić information content (AvgIpc) is 3.22. The molecule has 24 heavy (non-hydrogen) atoms. The summed E-state index contributed by atoms with van der Waals surface area (Å²) in [6.07, 6.45) is 1.69. The van der Waals surface area contributed by atoms with Gasteiger partial charge in [0.1, 0.15) is 12.0 Å². The molecule has 1 N–H and O–H groups in total. The Morgan fingerprint density at radius 2 is 2.08 bits per heavy atom. The van der Waals surface area contributed by atoms with Gasteiger partial charge < -0.3 is 14.7 Å². The molecule has 1 aromatic carbocycles. The molecule has 3 rings (SSSR count). The second-order valence-corrected chi connectivity index (χ2v) is 6.36. The first-order chi connectivity index (χ1) is 11.5. The fourth-order valence-electron chi connectivity index (χ4n) is 2.82. The molecular weight excluding hydrogens is 306 g/mol. The van der Waals surface area contributed by atoms with Crippen LogP contribution in [0.4, 0.5) is 5.69 Å². The second kappa shape index (κ2) is 6.86. The first-order valence-electron chi connectivity index (χ1n) is 8.12. The van der Waals surface area contributed by atoms with E-state index in [1.165, 1.54) is 11.8 Å². The summed E-state index contributed by atoms with van der Waals surface area (Å²) in [6.45, 7) is 4.98. The smallest absolute Gasteiger partial charge is 0.227 e. The van der Waals surface area contributed by atoms with Gasteiger partial charge in [0.2, 0.25) is 11.8 Å². The molecular formula is C18H21N3O3. The van der Waals surface area contributed by atoms with Crippen LogP contribution < -0.4 is 10.2 Å². The van der Waals surface area contributed by atoms with Crippen LogP contribution in [0.1, 0.15) is 37.4 Å². The third kappa shape index (κ3) is 3.48. The Labute approximate surface area is 140 Å². The molecule has 1 atom stereocenters. The van der Waals surface area contributed by atoms with Crippen molar-refractivity contribution in [3.05, 3.63) is 47.9 Å². The van der Waals surface area contributed by atoms with Gasteiger partial charge in [0.25, 0.3) is 0 Å². The molecule has 1 saturated heterocycles. The summed E-state index contributed by atoms with van der Waals surface area (Å²) in [5.41, 5.74) is 2.73. The third-order valence-electron chi connectivity index (χ3n) is 4.30. The van der Waals surface area contributed by atoms with Gasteiger partial charge in [-0.25, -0.2) is 0 Å². The monoisotopic (exact) mass is 327 g/mol. The number of rotatable bonds is 5. The normalized spacial score (nSPS) is 17.5. The summed E-state index contributed by atoms with van der Waals surface area (Å²) in [7, 11) is 0. The van der Waals surface area contributed by atoms with Crippen molar-refractivity contribution in [2.45, 2.75) is 32.7 Å². The summed E-state index contributed by atoms with van der Waals surface area (Å²) in [4.78, 5) is 26.2. The van der Waals surface area contributed by atoms with Gasteiger partial charge in [-0.05, 0) is 23.6 Å². The predicted octanol–water partition coefficient (Wildman–Crippen LogP) is 2.47. The molecule has 0 aliphatic carbocycles. The summed E-state index contributed by atoms with van der Waals surface area (Å²) in [6, 6.07) is 9.66. The van der Waals surface area contributed by atoms with E-state index in [4.69, 9.17) is 4.52 Å². The van der Waals surface area contributed by atoms with Crippen LogP contribution in [0.25, 0.3) is 0 Å². The fraction of sp³-hybridized carbons (Fsp3) is 0.389. The van der Waals surface area contributed by atoms with E-state index in [0.29, 0.717) is 24.7 Å². The molecule has 126 valence electrons. The lowest BCUT2D eigenvalue weighted by molar-refractivity contribution is -0.126. The Balaban J connectivity index is 1.61. The minimum atomic E-state index is -0.339. The molecule has 6 nitrogen and oxygen atoms in total. The molecule has 1 aliphatic rings. The molecule has 0 saturated carbocycles. The first kappa shape index (κ1) is 16.2. The topological polar surface area (TPSA) is 75.4 Å². The van der Waals surface area contributed by atoms with Crippen molar-refractivity contribution in [1.29, 1.82) is 0 Å². The van der Waals surface area contributed by atoms with E-state index in [1.54, 1.807) is 11.0 Å². The number of aromatic nitrogens is 1. The lowest BCUT2D eigenvalue weighted by Gasteiger charge is -2.17.